The van der Waals surface area contributed by atoms with Gasteiger partial charge >= 0.3 is 12.3 Å². The summed E-state index contributed by atoms with van der Waals surface area (Å²) >= 11 is 1.90. The Hall–Kier alpha value is -1.25. The first-order valence-corrected chi connectivity index (χ1v) is 5.32. The lowest BCUT2D eigenvalue weighted by molar-refractivity contribution is -0.274. The molecule has 0 fully saturated rings. The molecule has 0 amide bonds. The fourth-order valence-corrected chi connectivity index (χ4v) is 1.54. The van der Waals surface area contributed by atoms with E-state index in [9.17, 15) is 18.0 Å². The molecule has 0 bridgehead atoms. The number of carbonyl (C=O) groups is 1. The van der Waals surface area contributed by atoms with Crippen LogP contribution < -0.4 is 4.74 Å². The van der Waals surface area contributed by atoms with Crippen molar-refractivity contribution >= 4 is 34.6 Å². The predicted octanol–water partition coefficient (Wildman–Crippen LogP) is 3.29. The molecule has 0 spiro atoms. The Bertz CT molecular complexity index is 455. The summed E-state index contributed by atoms with van der Waals surface area (Å²) in [5.41, 5.74) is 0.0524. The molecule has 7 heteroatoms. The second kappa shape index (κ2) is 5.39. The Morgan fingerprint density at radius 1 is 1.41 bits per heavy atom. The smallest absolute Gasteiger partial charge is 0.478 e. The topological polar surface area (TPSA) is 46.5 Å². The zero-order valence-corrected chi connectivity index (χ0v) is 10.3. The minimum Gasteiger partial charge on any atom is -0.478 e. The van der Waals surface area contributed by atoms with Crippen molar-refractivity contribution in [3.63, 3.8) is 0 Å². The zero-order valence-electron chi connectivity index (χ0n) is 8.16. The summed E-state index contributed by atoms with van der Waals surface area (Å²) in [6, 6.07) is 3.96. The lowest BCUT2D eigenvalue weighted by atomic mass is 10.2. The van der Waals surface area contributed by atoms with Crippen LogP contribution in [0.5, 0.6) is 5.75 Å². The third-order valence-electron chi connectivity index (χ3n) is 1.60. The molecule has 0 saturated heterocycles. The number of hydrogen-bond donors (Lipinski definition) is 1. The Kier molecular flexibility index (Phi) is 4.38. The second-order valence-corrected chi connectivity index (χ2v) is 4.15. The van der Waals surface area contributed by atoms with Crippen LogP contribution in [-0.2, 0) is 4.79 Å². The van der Waals surface area contributed by atoms with Crippen molar-refractivity contribution in [2.24, 2.45) is 0 Å². The van der Waals surface area contributed by atoms with Gasteiger partial charge in [-0.25, -0.2) is 4.79 Å². The van der Waals surface area contributed by atoms with Crippen LogP contribution in [0.25, 0.3) is 6.08 Å². The monoisotopic (exact) mass is 358 g/mol. The highest BCUT2D eigenvalue weighted by atomic mass is 127. The van der Waals surface area contributed by atoms with Crippen LogP contribution in [0.15, 0.2) is 24.3 Å². The molecule has 1 aromatic rings. The van der Waals surface area contributed by atoms with Crippen LogP contribution >= 0.6 is 22.6 Å². The average molecular weight is 358 g/mol. The highest BCUT2D eigenvalue weighted by Crippen LogP contribution is 2.28. The van der Waals surface area contributed by atoms with Crippen molar-refractivity contribution in [1.82, 2.24) is 0 Å². The van der Waals surface area contributed by atoms with Gasteiger partial charge in [0.25, 0.3) is 0 Å². The van der Waals surface area contributed by atoms with Gasteiger partial charge in [-0.3, -0.25) is 0 Å². The predicted molar refractivity (Wildman–Crippen MR) is 62.5 cm³/mol. The lowest BCUT2D eigenvalue weighted by Crippen LogP contribution is -2.17. The largest absolute Gasteiger partial charge is 0.573 e. The molecule has 0 atom stereocenters. The van der Waals surface area contributed by atoms with E-state index in [-0.39, 0.29) is 5.56 Å². The van der Waals surface area contributed by atoms with Crippen LogP contribution in [0.4, 0.5) is 13.2 Å². The standard InChI is InChI=1S/C10H6F3IO3/c11-10(12,13)17-8-3-2-7(14)5-6(8)1-4-9(15)16/h1-5H,(H,15,16)/b4-1+. The fraction of sp³-hybridized carbons (Fsp3) is 0.100. The van der Waals surface area contributed by atoms with Gasteiger partial charge in [-0.15, -0.1) is 13.2 Å². The first-order valence-electron chi connectivity index (χ1n) is 4.24. The van der Waals surface area contributed by atoms with Crippen LogP contribution in [0.1, 0.15) is 5.56 Å². The first-order chi connectivity index (χ1) is 7.78. The maximum Gasteiger partial charge on any atom is 0.573 e. The molecule has 0 aliphatic carbocycles. The number of rotatable bonds is 3. The van der Waals surface area contributed by atoms with Gasteiger partial charge in [0.15, 0.2) is 0 Å². The van der Waals surface area contributed by atoms with Gasteiger partial charge in [0, 0.05) is 15.2 Å². The molecule has 0 aromatic heterocycles. The summed E-state index contributed by atoms with van der Waals surface area (Å²) in [5.74, 6) is -1.68. The first kappa shape index (κ1) is 13.8. The van der Waals surface area contributed by atoms with Crippen LogP contribution in [-0.4, -0.2) is 17.4 Å². The van der Waals surface area contributed by atoms with Crippen molar-refractivity contribution in [3.05, 3.63) is 33.4 Å². The van der Waals surface area contributed by atoms with E-state index in [1.807, 2.05) is 22.6 Å². The summed E-state index contributed by atoms with van der Waals surface area (Å²) in [7, 11) is 0. The number of carboxylic acids is 1. The van der Waals surface area contributed by atoms with Crippen molar-refractivity contribution in [1.29, 1.82) is 0 Å². The number of alkyl halides is 3. The molecule has 17 heavy (non-hydrogen) atoms. The maximum absolute atomic E-state index is 12.1. The van der Waals surface area contributed by atoms with Crippen LogP contribution in [0, 0.1) is 3.57 Å². The summed E-state index contributed by atoms with van der Waals surface area (Å²) in [4.78, 5) is 10.3. The van der Waals surface area contributed by atoms with E-state index < -0.39 is 18.1 Å². The summed E-state index contributed by atoms with van der Waals surface area (Å²) < 4.78 is 40.6. The van der Waals surface area contributed by atoms with Gasteiger partial charge in [0.1, 0.15) is 5.75 Å². The molecular weight excluding hydrogens is 352 g/mol. The van der Waals surface area contributed by atoms with E-state index in [0.29, 0.717) is 3.57 Å². The van der Waals surface area contributed by atoms with E-state index in [1.54, 1.807) is 0 Å². The van der Waals surface area contributed by atoms with E-state index >= 15 is 0 Å². The zero-order chi connectivity index (χ0) is 13.1. The number of ether oxygens (including phenoxy) is 1. The Morgan fingerprint density at radius 2 is 2.06 bits per heavy atom. The molecule has 1 N–H and O–H groups in total. The molecule has 92 valence electrons. The number of hydrogen-bond acceptors (Lipinski definition) is 2. The molecule has 0 heterocycles. The number of halogens is 4. The van der Waals surface area contributed by atoms with E-state index in [1.165, 1.54) is 12.1 Å². The Morgan fingerprint density at radius 3 is 2.59 bits per heavy atom. The van der Waals surface area contributed by atoms with Crippen molar-refractivity contribution in [2.75, 3.05) is 0 Å². The molecule has 0 unspecified atom stereocenters. The van der Waals surface area contributed by atoms with Crippen LogP contribution in [0.2, 0.25) is 0 Å². The summed E-state index contributed by atoms with van der Waals surface area (Å²) in [5, 5.41) is 8.42. The van der Waals surface area contributed by atoms with Crippen LogP contribution in [0.3, 0.4) is 0 Å². The SMILES string of the molecule is O=C(O)/C=C/c1cc(I)ccc1OC(F)(F)F. The van der Waals surface area contributed by atoms with Crippen molar-refractivity contribution in [3.8, 4) is 5.75 Å². The molecule has 1 aromatic carbocycles. The quantitative estimate of drug-likeness (QED) is 0.667. The molecule has 0 radical (unpaired) electrons. The van der Waals surface area contributed by atoms with E-state index in [2.05, 4.69) is 4.74 Å². The van der Waals surface area contributed by atoms with Gasteiger partial charge in [-0.2, -0.15) is 0 Å². The van der Waals surface area contributed by atoms with Gasteiger partial charge in [0.05, 0.1) is 0 Å². The number of carboxylic acid groups (broad SMARTS) is 1. The molecule has 0 aliphatic heterocycles. The fourth-order valence-electron chi connectivity index (χ4n) is 1.03. The molecular formula is C10H6F3IO3. The van der Waals surface area contributed by atoms with E-state index in [0.717, 1.165) is 18.2 Å². The summed E-state index contributed by atoms with van der Waals surface area (Å²) in [6.07, 6.45) is -3.02. The Labute approximate surface area is 108 Å². The Balaban J connectivity index is 3.08. The number of aliphatic carboxylic acids is 1. The van der Waals surface area contributed by atoms with Gasteiger partial charge < -0.3 is 9.84 Å². The van der Waals surface area contributed by atoms with Gasteiger partial charge in [-0.05, 0) is 46.9 Å². The molecule has 0 saturated carbocycles. The minimum atomic E-state index is -4.81. The van der Waals surface area contributed by atoms with Crippen molar-refractivity contribution < 1.29 is 27.8 Å². The van der Waals surface area contributed by atoms with Crippen molar-refractivity contribution in [2.45, 2.75) is 6.36 Å². The highest BCUT2D eigenvalue weighted by molar-refractivity contribution is 14.1. The molecule has 0 aliphatic rings. The van der Waals surface area contributed by atoms with E-state index in [4.69, 9.17) is 5.11 Å². The average Bonchev–Trinajstić information content (AvgIpc) is 2.16. The molecule has 3 nitrogen and oxygen atoms in total. The van der Waals surface area contributed by atoms with Gasteiger partial charge in [-0.1, -0.05) is 0 Å². The lowest BCUT2D eigenvalue weighted by Gasteiger charge is -2.11. The normalized spacial score (nSPS) is 11.8. The second-order valence-electron chi connectivity index (χ2n) is 2.90. The third-order valence-corrected chi connectivity index (χ3v) is 2.27. The third kappa shape index (κ3) is 5.07. The summed E-state index contributed by atoms with van der Waals surface area (Å²) in [6.45, 7) is 0. The van der Waals surface area contributed by atoms with Gasteiger partial charge in [0.2, 0.25) is 0 Å². The minimum absolute atomic E-state index is 0.0524. The number of benzene rings is 1. The maximum atomic E-state index is 12.1. The highest BCUT2D eigenvalue weighted by Gasteiger charge is 2.31. The molecule has 1 rings (SSSR count).